The van der Waals surface area contributed by atoms with E-state index in [0.717, 1.165) is 12.8 Å². The van der Waals surface area contributed by atoms with Gasteiger partial charge in [0.15, 0.2) is 5.65 Å². The van der Waals surface area contributed by atoms with E-state index in [1.165, 1.54) is 21.1 Å². The van der Waals surface area contributed by atoms with Gasteiger partial charge in [0.25, 0.3) is 5.56 Å². The maximum atomic E-state index is 12.4. The van der Waals surface area contributed by atoms with Crippen LogP contribution < -0.4 is 10.9 Å². The zero-order valence-corrected chi connectivity index (χ0v) is 16.2. The number of hydrogen-bond acceptors (Lipinski definition) is 5. The highest BCUT2D eigenvalue weighted by atomic mass is 16.1. The van der Waals surface area contributed by atoms with Crippen molar-refractivity contribution >= 4 is 22.8 Å². The maximum absolute atomic E-state index is 12.4. The summed E-state index contributed by atoms with van der Waals surface area (Å²) < 4.78 is 2.95. The molecule has 0 atom stereocenters. The van der Waals surface area contributed by atoms with Gasteiger partial charge in [-0.25, -0.2) is 0 Å². The van der Waals surface area contributed by atoms with Crippen LogP contribution in [0, 0.1) is 6.92 Å². The number of rotatable bonds is 6. The molecule has 2 N–H and O–H groups in total. The Hall–Kier alpha value is -3.75. The Balaban J connectivity index is 1.52. The van der Waals surface area contributed by atoms with E-state index in [1.54, 1.807) is 13.1 Å². The van der Waals surface area contributed by atoms with Gasteiger partial charge in [-0.05, 0) is 25.3 Å². The van der Waals surface area contributed by atoms with E-state index < -0.39 is 0 Å². The number of carbonyl (C=O) groups excluding carboxylic acids is 1. The molecule has 0 saturated carbocycles. The molecule has 0 saturated heterocycles. The van der Waals surface area contributed by atoms with Gasteiger partial charge in [0.1, 0.15) is 11.2 Å². The van der Waals surface area contributed by atoms with Gasteiger partial charge in [-0.2, -0.15) is 19.9 Å². The summed E-state index contributed by atoms with van der Waals surface area (Å²) in [6.07, 6.45) is 3.41. The smallest absolute Gasteiger partial charge is 0.263 e. The number of H-pyrrole nitrogens is 1. The minimum atomic E-state index is -0.314. The molecule has 148 valence electrons. The van der Waals surface area contributed by atoms with Crippen LogP contribution in [0.15, 0.2) is 47.4 Å². The van der Waals surface area contributed by atoms with Gasteiger partial charge in [-0.15, -0.1) is 0 Å². The van der Waals surface area contributed by atoms with Crippen LogP contribution in [-0.2, 0) is 18.3 Å². The summed E-state index contributed by atoms with van der Waals surface area (Å²) in [6, 6.07) is 11.8. The SMILES string of the molecule is Cc1cc(NC(=O)CCCc2ccccc2)n(-c2nc3c(cnn3C)c(=O)[nH]2)n1. The zero-order valence-electron chi connectivity index (χ0n) is 16.2. The maximum Gasteiger partial charge on any atom is 0.263 e. The number of aryl methyl sites for hydroxylation is 3. The summed E-state index contributed by atoms with van der Waals surface area (Å²) >= 11 is 0. The van der Waals surface area contributed by atoms with E-state index in [0.29, 0.717) is 29.0 Å². The Kier molecular flexibility index (Phi) is 4.94. The van der Waals surface area contributed by atoms with Crippen molar-refractivity contribution in [2.45, 2.75) is 26.2 Å². The number of carbonyl (C=O) groups is 1. The Morgan fingerprint density at radius 3 is 2.83 bits per heavy atom. The minimum absolute atomic E-state index is 0.119. The summed E-state index contributed by atoms with van der Waals surface area (Å²) in [5.74, 6) is 0.557. The molecule has 3 aromatic heterocycles. The second-order valence-corrected chi connectivity index (χ2v) is 6.87. The molecular weight excluding hydrogens is 370 g/mol. The van der Waals surface area contributed by atoms with E-state index in [2.05, 4.69) is 25.5 Å². The number of nitrogens with one attached hydrogen (secondary N) is 2. The molecule has 0 aliphatic heterocycles. The van der Waals surface area contributed by atoms with Gasteiger partial charge >= 0.3 is 0 Å². The quantitative estimate of drug-likeness (QED) is 0.523. The summed E-state index contributed by atoms with van der Waals surface area (Å²) in [6.45, 7) is 1.81. The van der Waals surface area contributed by atoms with Crippen LogP contribution in [0.1, 0.15) is 24.1 Å². The normalized spacial score (nSPS) is 11.1. The van der Waals surface area contributed by atoms with Crippen LogP contribution in [0.5, 0.6) is 0 Å². The molecule has 0 aliphatic carbocycles. The molecule has 9 heteroatoms. The predicted molar refractivity (Wildman–Crippen MR) is 109 cm³/mol. The Labute approximate surface area is 166 Å². The zero-order chi connectivity index (χ0) is 20.4. The summed E-state index contributed by atoms with van der Waals surface area (Å²) in [7, 11) is 1.71. The molecule has 0 fully saturated rings. The van der Waals surface area contributed by atoms with Crippen LogP contribution in [-0.4, -0.2) is 35.4 Å². The van der Waals surface area contributed by atoms with Crippen LogP contribution in [0.25, 0.3) is 17.0 Å². The van der Waals surface area contributed by atoms with Gasteiger partial charge in [0, 0.05) is 19.5 Å². The number of nitrogens with zero attached hydrogens (tertiary/aromatic N) is 5. The predicted octanol–water partition coefficient (Wildman–Crippen LogP) is 2.11. The molecule has 3 heterocycles. The van der Waals surface area contributed by atoms with Gasteiger partial charge in [-0.3, -0.25) is 19.3 Å². The van der Waals surface area contributed by atoms with E-state index in [-0.39, 0.29) is 17.4 Å². The molecule has 0 spiro atoms. The first-order chi connectivity index (χ1) is 14.0. The highest BCUT2D eigenvalue weighted by Crippen LogP contribution is 2.16. The number of amides is 1. The molecule has 0 radical (unpaired) electrons. The molecule has 0 aliphatic rings. The van der Waals surface area contributed by atoms with Crippen molar-refractivity contribution in [1.29, 1.82) is 0 Å². The van der Waals surface area contributed by atoms with E-state index >= 15 is 0 Å². The number of fused-ring (bicyclic) bond motifs is 1. The van der Waals surface area contributed by atoms with Crippen molar-refractivity contribution in [2.24, 2.45) is 7.05 Å². The van der Waals surface area contributed by atoms with Crippen LogP contribution in [0.2, 0.25) is 0 Å². The first-order valence-electron chi connectivity index (χ1n) is 9.34. The highest BCUT2D eigenvalue weighted by molar-refractivity contribution is 5.90. The lowest BCUT2D eigenvalue weighted by Gasteiger charge is -2.08. The van der Waals surface area contributed by atoms with Crippen LogP contribution >= 0.6 is 0 Å². The number of hydrogen-bond donors (Lipinski definition) is 2. The second kappa shape index (κ2) is 7.70. The van der Waals surface area contributed by atoms with Crippen molar-refractivity contribution in [2.75, 3.05) is 5.32 Å². The first kappa shape index (κ1) is 18.6. The Bertz CT molecular complexity index is 1220. The molecule has 1 amide bonds. The molecule has 4 aromatic rings. The monoisotopic (exact) mass is 391 g/mol. The molecule has 0 bridgehead atoms. The number of benzene rings is 1. The van der Waals surface area contributed by atoms with E-state index in [9.17, 15) is 9.59 Å². The lowest BCUT2D eigenvalue weighted by Crippen LogP contribution is -2.19. The Morgan fingerprint density at radius 1 is 1.24 bits per heavy atom. The fourth-order valence-electron chi connectivity index (χ4n) is 3.17. The summed E-state index contributed by atoms with van der Waals surface area (Å²) in [5.41, 5.74) is 2.02. The number of aromatic nitrogens is 6. The molecule has 1 aromatic carbocycles. The molecule has 29 heavy (non-hydrogen) atoms. The van der Waals surface area contributed by atoms with Crippen molar-refractivity contribution in [3.8, 4) is 5.95 Å². The van der Waals surface area contributed by atoms with Gasteiger partial charge in [0.2, 0.25) is 11.9 Å². The Morgan fingerprint density at radius 2 is 2.03 bits per heavy atom. The largest absolute Gasteiger partial charge is 0.310 e. The van der Waals surface area contributed by atoms with Gasteiger partial charge in [-0.1, -0.05) is 30.3 Å². The summed E-state index contributed by atoms with van der Waals surface area (Å²) in [5, 5.41) is 11.7. The van der Waals surface area contributed by atoms with E-state index in [4.69, 9.17) is 0 Å². The van der Waals surface area contributed by atoms with Crippen molar-refractivity contribution in [1.82, 2.24) is 29.5 Å². The van der Waals surface area contributed by atoms with Gasteiger partial charge < -0.3 is 5.32 Å². The fraction of sp³-hybridized carbons (Fsp3) is 0.250. The third-order valence-corrected chi connectivity index (χ3v) is 4.60. The molecule has 9 nitrogen and oxygen atoms in total. The average molecular weight is 391 g/mol. The highest BCUT2D eigenvalue weighted by Gasteiger charge is 2.15. The third-order valence-electron chi connectivity index (χ3n) is 4.60. The van der Waals surface area contributed by atoms with Crippen molar-refractivity contribution in [3.63, 3.8) is 0 Å². The first-order valence-corrected chi connectivity index (χ1v) is 9.34. The number of aromatic amines is 1. The second-order valence-electron chi connectivity index (χ2n) is 6.87. The lowest BCUT2D eigenvalue weighted by atomic mass is 10.1. The summed E-state index contributed by atoms with van der Waals surface area (Å²) in [4.78, 5) is 31.9. The van der Waals surface area contributed by atoms with Crippen LogP contribution in [0.3, 0.4) is 0 Å². The number of anilines is 1. The topological polar surface area (TPSA) is 110 Å². The van der Waals surface area contributed by atoms with Gasteiger partial charge in [0.05, 0.1) is 11.9 Å². The lowest BCUT2D eigenvalue weighted by molar-refractivity contribution is -0.116. The van der Waals surface area contributed by atoms with Crippen LogP contribution in [0.4, 0.5) is 5.82 Å². The fourth-order valence-corrected chi connectivity index (χ4v) is 3.17. The molecular formula is C20H21N7O2. The van der Waals surface area contributed by atoms with Crippen molar-refractivity contribution in [3.05, 3.63) is 64.2 Å². The molecule has 0 unspecified atom stereocenters. The third kappa shape index (κ3) is 3.93. The van der Waals surface area contributed by atoms with Crippen molar-refractivity contribution < 1.29 is 4.79 Å². The molecule has 4 rings (SSSR count). The minimum Gasteiger partial charge on any atom is -0.310 e. The standard InChI is InChI=1S/C20H21N7O2/c1-13-11-16(22-17(28)10-6-9-14-7-4-3-5-8-14)27(25-13)20-23-18-15(19(29)24-20)12-21-26(18)2/h3-5,7-8,11-12H,6,9-10H2,1-2H3,(H,22,28)(H,23,24,29). The average Bonchev–Trinajstić information content (AvgIpc) is 3.25. The van der Waals surface area contributed by atoms with E-state index in [1.807, 2.05) is 37.3 Å².